The number of hydrogen-bond acceptors (Lipinski definition) is 4. The largest absolute Gasteiger partial charge is 0.369 e. The Bertz CT molecular complexity index is 603. The number of anilines is 1. The van der Waals surface area contributed by atoms with Crippen molar-refractivity contribution in [1.29, 1.82) is 0 Å². The molecule has 2 heterocycles. The Morgan fingerprint density at radius 2 is 2.14 bits per heavy atom. The third kappa shape index (κ3) is 2.66. The van der Waals surface area contributed by atoms with Gasteiger partial charge in [-0.05, 0) is 44.2 Å². The lowest BCUT2D eigenvalue weighted by Gasteiger charge is -2.31. The summed E-state index contributed by atoms with van der Waals surface area (Å²) < 4.78 is 27.8. The van der Waals surface area contributed by atoms with Gasteiger partial charge in [-0.3, -0.25) is 0 Å². The molecule has 5 nitrogen and oxygen atoms in total. The second-order valence-corrected chi connectivity index (χ2v) is 7.76. The van der Waals surface area contributed by atoms with Crippen LogP contribution in [0.3, 0.4) is 0 Å². The molecule has 0 aromatic carbocycles. The van der Waals surface area contributed by atoms with Crippen LogP contribution in [0.5, 0.6) is 0 Å². The average Bonchev–Trinajstić information content (AvgIpc) is 2.93. The zero-order valence-corrected chi connectivity index (χ0v) is 13.3. The molecule has 0 amide bonds. The third-order valence-electron chi connectivity index (χ3n) is 4.66. The van der Waals surface area contributed by atoms with Crippen LogP contribution in [0, 0.1) is 5.92 Å². The monoisotopic (exact) mass is 309 g/mol. The molecule has 1 aromatic rings. The molecule has 21 heavy (non-hydrogen) atoms. The smallest absolute Gasteiger partial charge is 0.247 e. The molecule has 1 saturated heterocycles. The highest BCUT2D eigenvalue weighted by molar-refractivity contribution is 7.89. The number of nitrogens with one attached hydrogen (secondary N) is 1. The van der Waals surface area contributed by atoms with Gasteiger partial charge >= 0.3 is 0 Å². The Balaban J connectivity index is 1.94. The lowest BCUT2D eigenvalue weighted by atomic mass is 9.86. The predicted octanol–water partition coefficient (Wildman–Crippen LogP) is 2.47. The molecular formula is C15H23N3O2S. The number of nitrogens with zero attached hydrogens (tertiary/aromatic N) is 2. The van der Waals surface area contributed by atoms with Gasteiger partial charge in [0.25, 0.3) is 0 Å². The summed E-state index contributed by atoms with van der Waals surface area (Å²) in [5.41, 5.74) is 0. The van der Waals surface area contributed by atoms with E-state index < -0.39 is 10.0 Å². The lowest BCUT2D eigenvalue weighted by Crippen LogP contribution is -2.39. The Morgan fingerprint density at radius 3 is 2.95 bits per heavy atom. The van der Waals surface area contributed by atoms with Gasteiger partial charge in [0.15, 0.2) is 0 Å². The highest BCUT2D eigenvalue weighted by Crippen LogP contribution is 2.39. The number of fused-ring (bicyclic) bond motifs is 1. The first-order chi connectivity index (χ1) is 10.1. The molecule has 1 aliphatic heterocycles. The van der Waals surface area contributed by atoms with Crippen LogP contribution in [0.25, 0.3) is 0 Å². The van der Waals surface area contributed by atoms with Crippen molar-refractivity contribution in [3.8, 4) is 0 Å². The molecule has 0 radical (unpaired) electrons. The summed E-state index contributed by atoms with van der Waals surface area (Å²) in [6.45, 7) is 3.25. The first-order valence-corrected chi connectivity index (χ1v) is 9.29. The molecule has 1 aromatic heterocycles. The zero-order chi connectivity index (χ0) is 14.9. The number of rotatable bonds is 4. The fraction of sp³-hybridized carbons (Fsp3) is 0.667. The van der Waals surface area contributed by atoms with E-state index >= 15 is 0 Å². The Kier molecular flexibility index (Phi) is 4.17. The number of pyridine rings is 1. The van der Waals surface area contributed by atoms with Gasteiger partial charge in [-0.2, -0.15) is 4.31 Å². The Labute approximate surface area is 126 Å². The van der Waals surface area contributed by atoms with E-state index in [1.807, 2.05) is 6.92 Å². The van der Waals surface area contributed by atoms with E-state index in [1.54, 1.807) is 22.6 Å². The number of sulfonamides is 1. The van der Waals surface area contributed by atoms with Crippen molar-refractivity contribution in [3.05, 3.63) is 18.3 Å². The van der Waals surface area contributed by atoms with Crippen molar-refractivity contribution in [2.75, 3.05) is 18.4 Å². The van der Waals surface area contributed by atoms with Crippen LogP contribution in [0.4, 0.5) is 5.82 Å². The van der Waals surface area contributed by atoms with Gasteiger partial charge < -0.3 is 5.32 Å². The topological polar surface area (TPSA) is 62.3 Å². The van der Waals surface area contributed by atoms with Gasteiger partial charge in [-0.1, -0.05) is 12.8 Å². The summed E-state index contributed by atoms with van der Waals surface area (Å²) >= 11 is 0. The summed E-state index contributed by atoms with van der Waals surface area (Å²) in [4.78, 5) is 4.51. The van der Waals surface area contributed by atoms with Crippen LogP contribution >= 0.6 is 0 Å². The minimum absolute atomic E-state index is 0.193. The first-order valence-electron chi connectivity index (χ1n) is 7.85. The molecule has 2 aliphatic rings. The van der Waals surface area contributed by atoms with E-state index in [0.29, 0.717) is 29.7 Å². The minimum atomic E-state index is -3.45. The SMILES string of the molecule is CCNc1ncccc1S(=O)(=O)N1CCC2CCCCC21. The maximum atomic E-state index is 13.0. The van der Waals surface area contributed by atoms with Crippen LogP contribution in [0.1, 0.15) is 39.0 Å². The van der Waals surface area contributed by atoms with Crippen LogP contribution in [-0.2, 0) is 10.0 Å². The highest BCUT2D eigenvalue weighted by Gasteiger charge is 2.43. The van der Waals surface area contributed by atoms with E-state index in [2.05, 4.69) is 10.3 Å². The van der Waals surface area contributed by atoms with Crippen LogP contribution in [0.2, 0.25) is 0 Å². The molecule has 2 fully saturated rings. The number of hydrogen-bond donors (Lipinski definition) is 1. The lowest BCUT2D eigenvalue weighted by molar-refractivity contribution is 0.260. The number of aromatic nitrogens is 1. The fourth-order valence-electron chi connectivity index (χ4n) is 3.69. The minimum Gasteiger partial charge on any atom is -0.369 e. The molecular weight excluding hydrogens is 286 g/mol. The molecule has 1 aliphatic carbocycles. The summed E-state index contributed by atoms with van der Waals surface area (Å²) in [6, 6.07) is 3.55. The van der Waals surface area contributed by atoms with Crippen molar-refractivity contribution < 1.29 is 8.42 Å². The van der Waals surface area contributed by atoms with Gasteiger partial charge in [-0.15, -0.1) is 0 Å². The fourth-order valence-corrected chi connectivity index (χ4v) is 5.54. The maximum absolute atomic E-state index is 13.0. The van der Waals surface area contributed by atoms with Crippen molar-refractivity contribution in [2.45, 2.75) is 50.0 Å². The van der Waals surface area contributed by atoms with Gasteiger partial charge in [-0.25, -0.2) is 13.4 Å². The zero-order valence-electron chi connectivity index (χ0n) is 12.5. The molecule has 2 unspecified atom stereocenters. The van der Waals surface area contributed by atoms with Crippen LogP contribution in [0.15, 0.2) is 23.2 Å². The molecule has 1 N–H and O–H groups in total. The molecule has 2 atom stereocenters. The van der Waals surface area contributed by atoms with Crippen molar-refractivity contribution in [1.82, 2.24) is 9.29 Å². The van der Waals surface area contributed by atoms with E-state index in [9.17, 15) is 8.42 Å². The molecule has 0 spiro atoms. The average molecular weight is 309 g/mol. The summed E-state index contributed by atoms with van der Waals surface area (Å²) in [5, 5.41) is 3.06. The standard InChI is InChI=1S/C15H23N3O2S/c1-2-16-15-14(8-5-10-17-15)21(19,20)18-11-9-12-6-3-4-7-13(12)18/h5,8,10,12-13H,2-4,6-7,9,11H2,1H3,(H,16,17). The highest BCUT2D eigenvalue weighted by atomic mass is 32.2. The summed E-state index contributed by atoms with van der Waals surface area (Å²) in [6.07, 6.45) is 7.18. The third-order valence-corrected chi connectivity index (χ3v) is 6.62. The first kappa shape index (κ1) is 14.8. The van der Waals surface area contributed by atoms with Crippen molar-refractivity contribution >= 4 is 15.8 Å². The normalized spacial score (nSPS) is 26.5. The van der Waals surface area contributed by atoms with E-state index in [4.69, 9.17) is 0 Å². The van der Waals surface area contributed by atoms with Crippen molar-refractivity contribution in [3.63, 3.8) is 0 Å². The summed E-state index contributed by atoms with van der Waals surface area (Å²) in [5.74, 6) is 1.02. The Hall–Kier alpha value is -1.14. The van der Waals surface area contributed by atoms with Crippen LogP contribution in [-0.4, -0.2) is 36.8 Å². The van der Waals surface area contributed by atoms with Gasteiger partial charge in [0.05, 0.1) is 0 Å². The van der Waals surface area contributed by atoms with Gasteiger partial charge in [0, 0.05) is 25.3 Å². The molecule has 1 saturated carbocycles. The quantitative estimate of drug-likeness (QED) is 0.928. The van der Waals surface area contributed by atoms with E-state index in [0.717, 1.165) is 19.3 Å². The Morgan fingerprint density at radius 1 is 1.33 bits per heavy atom. The second kappa shape index (κ2) is 5.93. The van der Waals surface area contributed by atoms with Crippen LogP contribution < -0.4 is 5.32 Å². The summed E-state index contributed by atoms with van der Waals surface area (Å²) in [7, 11) is -3.45. The maximum Gasteiger partial charge on any atom is 0.247 e. The van der Waals surface area contributed by atoms with Gasteiger partial charge in [0.2, 0.25) is 10.0 Å². The van der Waals surface area contributed by atoms with E-state index in [-0.39, 0.29) is 6.04 Å². The van der Waals surface area contributed by atoms with Gasteiger partial charge in [0.1, 0.15) is 10.7 Å². The second-order valence-electron chi connectivity index (χ2n) is 5.90. The van der Waals surface area contributed by atoms with E-state index in [1.165, 1.54) is 12.8 Å². The molecule has 0 bridgehead atoms. The van der Waals surface area contributed by atoms with Crippen molar-refractivity contribution in [2.24, 2.45) is 5.92 Å². The predicted molar refractivity (Wildman–Crippen MR) is 82.7 cm³/mol. The molecule has 3 rings (SSSR count). The molecule has 6 heteroatoms. The molecule has 116 valence electrons.